The summed E-state index contributed by atoms with van der Waals surface area (Å²) in [6.45, 7) is 8.59. The topological polar surface area (TPSA) is 140 Å². The highest BCUT2D eigenvalue weighted by molar-refractivity contribution is 6.06. The molecule has 55 heavy (non-hydrogen) atoms. The fourth-order valence-electron chi connectivity index (χ4n) is 8.33. The standard InChI is InChI=1S/C44H48N6O5/c1-28-7-8-32(41-29(2)47-55-30(41)3)25-39(28)50(35-11-9-34(10-12-35)44(27-45)19-20-44)21-5-6-31-17-22-49(23-18-31)36-13-14-37(33(24-36)26-51)43(54)48(4)38-15-16-40(52)46-42(38)53/h7-14,24-26,31,38H,5-6,15-23H2,1-4H3,(H,46,52,53). The van der Waals surface area contributed by atoms with Gasteiger partial charge in [0.15, 0.2) is 6.29 Å². The van der Waals surface area contributed by atoms with Crippen molar-refractivity contribution in [3.63, 3.8) is 0 Å². The minimum atomic E-state index is -0.761. The number of carbonyl (C=O) groups excluding carboxylic acids is 4. The Bertz CT molecular complexity index is 2140. The highest BCUT2D eigenvalue weighted by Gasteiger charge is 2.44. The van der Waals surface area contributed by atoms with Crippen LogP contribution in [0.5, 0.6) is 0 Å². The van der Waals surface area contributed by atoms with Crippen LogP contribution in [0.15, 0.2) is 65.2 Å². The van der Waals surface area contributed by atoms with E-state index in [1.807, 2.05) is 19.9 Å². The van der Waals surface area contributed by atoms with Gasteiger partial charge < -0.3 is 19.2 Å². The number of hydrogen-bond donors (Lipinski definition) is 1. The summed E-state index contributed by atoms with van der Waals surface area (Å²) < 4.78 is 5.51. The molecule has 0 bridgehead atoms. The smallest absolute Gasteiger partial charge is 0.255 e. The van der Waals surface area contributed by atoms with E-state index in [9.17, 15) is 24.4 Å². The van der Waals surface area contributed by atoms with Crippen molar-refractivity contribution in [3.05, 3.63) is 94.4 Å². The summed E-state index contributed by atoms with van der Waals surface area (Å²) in [5.41, 5.74) is 8.55. The number of carbonyl (C=O) groups is 4. The van der Waals surface area contributed by atoms with Gasteiger partial charge in [-0.3, -0.25) is 24.5 Å². The third-order valence-electron chi connectivity index (χ3n) is 11.9. The van der Waals surface area contributed by atoms with Crippen LogP contribution in [-0.4, -0.2) is 66.8 Å². The van der Waals surface area contributed by atoms with Crippen molar-refractivity contribution in [2.45, 2.75) is 83.6 Å². The molecule has 4 aromatic rings. The molecule has 284 valence electrons. The van der Waals surface area contributed by atoms with Crippen LogP contribution in [0.25, 0.3) is 11.1 Å². The molecule has 3 fully saturated rings. The predicted octanol–water partition coefficient (Wildman–Crippen LogP) is 7.35. The highest BCUT2D eigenvalue weighted by Crippen LogP contribution is 2.48. The lowest BCUT2D eigenvalue weighted by Crippen LogP contribution is -2.53. The van der Waals surface area contributed by atoms with E-state index in [0.29, 0.717) is 12.2 Å². The fraction of sp³-hybridized carbons (Fsp3) is 0.409. The Balaban J connectivity index is 1.01. The van der Waals surface area contributed by atoms with Gasteiger partial charge in [0.05, 0.1) is 22.7 Å². The maximum atomic E-state index is 13.4. The average molecular weight is 741 g/mol. The zero-order chi connectivity index (χ0) is 38.9. The van der Waals surface area contributed by atoms with Crippen molar-refractivity contribution in [2.75, 3.05) is 36.5 Å². The molecule has 3 heterocycles. The third-order valence-corrected chi connectivity index (χ3v) is 11.9. The Kier molecular flexibility index (Phi) is 10.6. The molecule has 11 nitrogen and oxygen atoms in total. The zero-order valence-electron chi connectivity index (χ0n) is 32.1. The number of piperidine rings is 2. The van der Waals surface area contributed by atoms with Crippen molar-refractivity contribution in [1.29, 1.82) is 5.26 Å². The van der Waals surface area contributed by atoms with Crippen molar-refractivity contribution in [1.82, 2.24) is 15.4 Å². The highest BCUT2D eigenvalue weighted by atomic mass is 16.5. The van der Waals surface area contributed by atoms with Crippen molar-refractivity contribution in [2.24, 2.45) is 5.92 Å². The maximum absolute atomic E-state index is 13.4. The lowest BCUT2D eigenvalue weighted by Gasteiger charge is -2.35. The van der Waals surface area contributed by atoms with Gasteiger partial charge in [0.2, 0.25) is 11.8 Å². The minimum Gasteiger partial charge on any atom is -0.371 e. The van der Waals surface area contributed by atoms with Gasteiger partial charge in [-0.15, -0.1) is 0 Å². The zero-order valence-corrected chi connectivity index (χ0v) is 32.1. The van der Waals surface area contributed by atoms with Crippen LogP contribution in [0.3, 0.4) is 0 Å². The normalized spacial score (nSPS) is 18.0. The number of likely N-dealkylation sites (N-methyl/N-ethyl adjacent to an activating group) is 1. The second kappa shape index (κ2) is 15.5. The first kappa shape index (κ1) is 37.6. The van der Waals surface area contributed by atoms with E-state index in [2.05, 4.69) is 75.7 Å². The molecule has 3 aliphatic rings. The van der Waals surface area contributed by atoms with Crippen molar-refractivity contribution >= 4 is 41.1 Å². The van der Waals surface area contributed by atoms with Crippen LogP contribution < -0.4 is 15.1 Å². The first-order valence-electron chi connectivity index (χ1n) is 19.3. The van der Waals surface area contributed by atoms with E-state index < -0.39 is 17.9 Å². The van der Waals surface area contributed by atoms with Gasteiger partial charge in [0.1, 0.15) is 11.8 Å². The second-order valence-corrected chi connectivity index (χ2v) is 15.4. The summed E-state index contributed by atoms with van der Waals surface area (Å²) in [6.07, 6.45) is 7.04. The fourth-order valence-corrected chi connectivity index (χ4v) is 8.33. The summed E-state index contributed by atoms with van der Waals surface area (Å²) in [5, 5.41) is 16.3. The number of aryl methyl sites for hydroxylation is 3. The van der Waals surface area contributed by atoms with Gasteiger partial charge in [-0.1, -0.05) is 29.4 Å². The van der Waals surface area contributed by atoms with Crippen LogP contribution in [0, 0.1) is 38.0 Å². The predicted molar refractivity (Wildman–Crippen MR) is 210 cm³/mol. The number of hydrogen-bond acceptors (Lipinski definition) is 9. The molecule has 1 aromatic heterocycles. The molecule has 3 aromatic carbocycles. The molecular formula is C44H48N6O5. The SMILES string of the molecule is Cc1ccc(-c2c(C)noc2C)cc1N(CCCC1CCN(c2ccc(C(=O)N(C)C3CCC(=O)NC3=O)c(C=O)c2)CC1)c1ccc(C2(C#N)CC2)cc1. The lowest BCUT2D eigenvalue weighted by atomic mass is 9.91. The largest absolute Gasteiger partial charge is 0.371 e. The number of amides is 3. The first-order valence-corrected chi connectivity index (χ1v) is 19.3. The molecule has 1 aliphatic carbocycles. The number of anilines is 3. The number of nitrogens with zero attached hydrogens (tertiary/aromatic N) is 5. The molecule has 2 saturated heterocycles. The molecule has 7 rings (SSSR count). The van der Waals surface area contributed by atoms with E-state index >= 15 is 0 Å². The molecule has 0 radical (unpaired) electrons. The van der Waals surface area contributed by atoms with E-state index in [1.54, 1.807) is 12.1 Å². The van der Waals surface area contributed by atoms with Crippen LogP contribution >= 0.6 is 0 Å². The number of nitriles is 1. The number of rotatable bonds is 12. The molecule has 2 aliphatic heterocycles. The third kappa shape index (κ3) is 7.63. The molecule has 1 unspecified atom stereocenters. The molecule has 3 amide bonds. The number of aldehydes is 1. The van der Waals surface area contributed by atoms with Crippen molar-refractivity contribution < 1.29 is 23.7 Å². The van der Waals surface area contributed by atoms with E-state index in [4.69, 9.17) is 4.52 Å². The number of imide groups is 1. The number of benzene rings is 3. The molecule has 11 heteroatoms. The Morgan fingerprint density at radius 1 is 1.04 bits per heavy atom. The summed E-state index contributed by atoms with van der Waals surface area (Å²) in [6, 6.07) is 22.2. The molecule has 1 atom stereocenters. The van der Waals surface area contributed by atoms with Crippen LogP contribution in [-0.2, 0) is 15.0 Å². The van der Waals surface area contributed by atoms with Gasteiger partial charge in [-0.2, -0.15) is 5.26 Å². The second-order valence-electron chi connectivity index (χ2n) is 15.4. The van der Waals surface area contributed by atoms with E-state index in [-0.39, 0.29) is 35.3 Å². The quantitative estimate of drug-likeness (QED) is 0.117. The average Bonchev–Trinajstić information content (AvgIpc) is 3.93. The summed E-state index contributed by atoms with van der Waals surface area (Å²) in [4.78, 5) is 55.5. The Morgan fingerprint density at radius 3 is 2.42 bits per heavy atom. The summed E-state index contributed by atoms with van der Waals surface area (Å²) in [5.74, 6) is 0.0780. The Morgan fingerprint density at radius 2 is 1.78 bits per heavy atom. The monoisotopic (exact) mass is 740 g/mol. The van der Waals surface area contributed by atoms with Crippen LogP contribution in [0.2, 0.25) is 0 Å². The van der Waals surface area contributed by atoms with E-state index in [1.165, 1.54) is 17.5 Å². The molecule has 0 spiro atoms. The Labute approximate surface area is 322 Å². The van der Waals surface area contributed by atoms with Gasteiger partial charge >= 0.3 is 0 Å². The molecule has 1 saturated carbocycles. The molecule has 1 N–H and O–H groups in total. The van der Waals surface area contributed by atoms with Gasteiger partial charge in [0, 0.05) is 61.3 Å². The van der Waals surface area contributed by atoms with Crippen molar-refractivity contribution in [3.8, 4) is 17.2 Å². The van der Waals surface area contributed by atoms with E-state index in [0.717, 1.165) is 103 Å². The first-order chi connectivity index (χ1) is 26.5. The Hall–Kier alpha value is -5.76. The molecular weight excluding hydrogens is 693 g/mol. The van der Waals surface area contributed by atoms with Gasteiger partial charge in [0.25, 0.3) is 5.91 Å². The summed E-state index contributed by atoms with van der Waals surface area (Å²) in [7, 11) is 1.53. The maximum Gasteiger partial charge on any atom is 0.255 e. The van der Waals surface area contributed by atoms with Crippen LogP contribution in [0.1, 0.15) is 94.7 Å². The summed E-state index contributed by atoms with van der Waals surface area (Å²) >= 11 is 0. The number of nitrogens with one attached hydrogen (secondary N) is 1. The van der Waals surface area contributed by atoms with Crippen LogP contribution in [0.4, 0.5) is 17.1 Å². The lowest BCUT2D eigenvalue weighted by molar-refractivity contribution is -0.136. The number of aromatic nitrogens is 1. The minimum absolute atomic E-state index is 0.165. The van der Waals surface area contributed by atoms with Gasteiger partial charge in [-0.25, -0.2) is 0 Å². The van der Waals surface area contributed by atoms with Gasteiger partial charge in [-0.05, 0) is 125 Å².